The summed E-state index contributed by atoms with van der Waals surface area (Å²) in [5, 5.41) is 0. The van der Waals surface area contributed by atoms with Crippen LogP contribution in [0.1, 0.15) is 32.6 Å². The molecule has 1 rings (SSSR count). The van der Waals surface area contributed by atoms with E-state index in [-0.39, 0.29) is 24.8 Å². The van der Waals surface area contributed by atoms with E-state index in [1.165, 1.54) is 0 Å². The molecule has 1 aliphatic rings. The third-order valence-electron chi connectivity index (χ3n) is 3.52. The Hall–Kier alpha value is -0.330. The molecule has 1 atom stereocenters. The maximum Gasteiger partial charge on any atom is 0.391 e. The molecular formula is C11H21F3N2O. The zero-order chi connectivity index (χ0) is 12.9. The van der Waals surface area contributed by atoms with E-state index in [9.17, 15) is 13.2 Å². The minimum absolute atomic E-state index is 0.0378. The van der Waals surface area contributed by atoms with Gasteiger partial charge in [0, 0.05) is 12.6 Å². The SMILES string of the molecule is CCOCC(NN)C1CCC(C(F)(F)F)CC1. The molecule has 0 radical (unpaired) electrons. The second kappa shape index (κ2) is 6.56. The number of nitrogens with two attached hydrogens (primary N) is 1. The Bertz CT molecular complexity index is 215. The van der Waals surface area contributed by atoms with Gasteiger partial charge in [-0.1, -0.05) is 0 Å². The van der Waals surface area contributed by atoms with Gasteiger partial charge >= 0.3 is 6.18 Å². The van der Waals surface area contributed by atoms with Crippen LogP contribution in [0, 0.1) is 11.8 Å². The fourth-order valence-electron chi connectivity index (χ4n) is 2.41. The third-order valence-corrected chi connectivity index (χ3v) is 3.52. The van der Waals surface area contributed by atoms with Gasteiger partial charge < -0.3 is 4.74 Å². The van der Waals surface area contributed by atoms with E-state index >= 15 is 0 Å². The van der Waals surface area contributed by atoms with Crippen molar-refractivity contribution >= 4 is 0 Å². The van der Waals surface area contributed by atoms with E-state index in [0.29, 0.717) is 26.1 Å². The highest BCUT2D eigenvalue weighted by molar-refractivity contribution is 4.83. The minimum atomic E-state index is -4.05. The summed E-state index contributed by atoms with van der Waals surface area (Å²) in [5.41, 5.74) is 2.65. The topological polar surface area (TPSA) is 47.3 Å². The number of halogens is 3. The largest absolute Gasteiger partial charge is 0.391 e. The van der Waals surface area contributed by atoms with E-state index < -0.39 is 12.1 Å². The monoisotopic (exact) mass is 254 g/mol. The van der Waals surface area contributed by atoms with Crippen molar-refractivity contribution in [3.8, 4) is 0 Å². The van der Waals surface area contributed by atoms with E-state index in [4.69, 9.17) is 10.6 Å². The van der Waals surface area contributed by atoms with Crippen molar-refractivity contribution in [2.24, 2.45) is 17.7 Å². The van der Waals surface area contributed by atoms with Crippen LogP contribution < -0.4 is 11.3 Å². The molecule has 1 aliphatic carbocycles. The van der Waals surface area contributed by atoms with Crippen LogP contribution in [0.5, 0.6) is 0 Å². The summed E-state index contributed by atoms with van der Waals surface area (Å²) in [6.45, 7) is 2.94. The van der Waals surface area contributed by atoms with E-state index in [1.807, 2.05) is 6.92 Å². The number of hydrazine groups is 1. The molecule has 1 fully saturated rings. The Morgan fingerprint density at radius 1 is 1.29 bits per heavy atom. The summed E-state index contributed by atoms with van der Waals surface area (Å²) in [7, 11) is 0. The van der Waals surface area contributed by atoms with Gasteiger partial charge in [0.25, 0.3) is 0 Å². The number of ether oxygens (including phenoxy) is 1. The quantitative estimate of drug-likeness (QED) is 0.584. The molecule has 6 heteroatoms. The normalized spacial score (nSPS) is 28.1. The highest BCUT2D eigenvalue weighted by atomic mass is 19.4. The van der Waals surface area contributed by atoms with Gasteiger partial charge in [-0.05, 0) is 38.5 Å². The van der Waals surface area contributed by atoms with Gasteiger partial charge in [0.05, 0.1) is 12.5 Å². The van der Waals surface area contributed by atoms with Crippen LogP contribution >= 0.6 is 0 Å². The standard InChI is InChI=1S/C11H21F3N2O/c1-2-17-7-10(16-15)8-3-5-9(6-4-8)11(12,13)14/h8-10,16H,2-7,15H2,1H3. The molecule has 1 unspecified atom stereocenters. The minimum Gasteiger partial charge on any atom is -0.380 e. The molecule has 0 aromatic heterocycles. The van der Waals surface area contributed by atoms with Gasteiger partial charge in [-0.2, -0.15) is 13.2 Å². The van der Waals surface area contributed by atoms with Crippen molar-refractivity contribution in [3.05, 3.63) is 0 Å². The van der Waals surface area contributed by atoms with Crippen LogP contribution in [0.4, 0.5) is 13.2 Å². The lowest BCUT2D eigenvalue weighted by Gasteiger charge is -2.34. The van der Waals surface area contributed by atoms with Crippen LogP contribution in [0.3, 0.4) is 0 Å². The second-order valence-electron chi connectivity index (χ2n) is 4.59. The van der Waals surface area contributed by atoms with E-state index in [0.717, 1.165) is 0 Å². The molecule has 0 aromatic rings. The highest BCUT2D eigenvalue weighted by Gasteiger charge is 2.42. The highest BCUT2D eigenvalue weighted by Crippen LogP contribution is 2.40. The van der Waals surface area contributed by atoms with Crippen molar-refractivity contribution in [2.75, 3.05) is 13.2 Å². The Morgan fingerprint density at radius 3 is 2.29 bits per heavy atom. The zero-order valence-corrected chi connectivity index (χ0v) is 10.1. The first-order valence-corrected chi connectivity index (χ1v) is 6.09. The lowest BCUT2D eigenvalue weighted by molar-refractivity contribution is -0.184. The first-order valence-electron chi connectivity index (χ1n) is 6.09. The molecule has 0 bridgehead atoms. The van der Waals surface area contributed by atoms with Gasteiger partial charge in [0.1, 0.15) is 0 Å². The first kappa shape index (κ1) is 14.7. The molecule has 3 nitrogen and oxygen atoms in total. The maximum absolute atomic E-state index is 12.5. The van der Waals surface area contributed by atoms with Gasteiger partial charge in [0.15, 0.2) is 0 Å². The lowest BCUT2D eigenvalue weighted by Crippen LogP contribution is -2.46. The fourth-order valence-corrected chi connectivity index (χ4v) is 2.41. The average molecular weight is 254 g/mol. The van der Waals surface area contributed by atoms with Crippen LogP contribution in [0.2, 0.25) is 0 Å². The van der Waals surface area contributed by atoms with Crippen LogP contribution in [-0.2, 0) is 4.74 Å². The van der Waals surface area contributed by atoms with Gasteiger partial charge in [0.2, 0.25) is 0 Å². The molecule has 3 N–H and O–H groups in total. The predicted octanol–water partition coefficient (Wildman–Crippen LogP) is 2.22. The molecule has 0 heterocycles. The predicted molar refractivity (Wildman–Crippen MR) is 59.1 cm³/mol. The van der Waals surface area contributed by atoms with Crippen LogP contribution in [0.15, 0.2) is 0 Å². The Balaban J connectivity index is 2.39. The van der Waals surface area contributed by atoms with Crippen molar-refractivity contribution < 1.29 is 17.9 Å². The molecule has 0 aromatic carbocycles. The number of rotatable bonds is 5. The van der Waals surface area contributed by atoms with Gasteiger partial charge in [-0.3, -0.25) is 11.3 Å². The van der Waals surface area contributed by atoms with Gasteiger partial charge in [-0.25, -0.2) is 0 Å². The molecule has 17 heavy (non-hydrogen) atoms. The molecule has 0 spiro atoms. The number of nitrogens with one attached hydrogen (secondary N) is 1. The molecule has 0 aliphatic heterocycles. The van der Waals surface area contributed by atoms with Gasteiger partial charge in [-0.15, -0.1) is 0 Å². The fraction of sp³-hybridized carbons (Fsp3) is 1.00. The molecule has 1 saturated carbocycles. The van der Waals surface area contributed by atoms with Crippen molar-refractivity contribution in [1.29, 1.82) is 0 Å². The number of hydrogen-bond donors (Lipinski definition) is 2. The smallest absolute Gasteiger partial charge is 0.380 e. The maximum atomic E-state index is 12.5. The summed E-state index contributed by atoms with van der Waals surface area (Å²) in [6.07, 6.45) is -2.51. The van der Waals surface area contributed by atoms with Crippen molar-refractivity contribution in [1.82, 2.24) is 5.43 Å². The summed E-state index contributed by atoms with van der Waals surface area (Å²) in [6, 6.07) is -0.0378. The van der Waals surface area contributed by atoms with Crippen LogP contribution in [0.25, 0.3) is 0 Å². The summed E-state index contributed by atoms with van der Waals surface area (Å²) in [5.74, 6) is 4.46. The summed E-state index contributed by atoms with van der Waals surface area (Å²) >= 11 is 0. The van der Waals surface area contributed by atoms with Crippen molar-refractivity contribution in [2.45, 2.75) is 44.8 Å². The van der Waals surface area contributed by atoms with Crippen LogP contribution in [-0.4, -0.2) is 25.4 Å². The van der Waals surface area contributed by atoms with Crippen molar-refractivity contribution in [3.63, 3.8) is 0 Å². The van der Waals surface area contributed by atoms with E-state index in [1.54, 1.807) is 0 Å². The Morgan fingerprint density at radius 2 is 1.88 bits per heavy atom. The second-order valence-corrected chi connectivity index (χ2v) is 4.59. The summed E-state index contributed by atoms with van der Waals surface area (Å²) < 4.78 is 42.7. The number of hydrogen-bond acceptors (Lipinski definition) is 3. The average Bonchev–Trinajstić information content (AvgIpc) is 2.29. The molecule has 0 saturated heterocycles. The third kappa shape index (κ3) is 4.44. The molecular weight excluding hydrogens is 233 g/mol. The number of alkyl halides is 3. The lowest BCUT2D eigenvalue weighted by atomic mass is 9.78. The first-order chi connectivity index (χ1) is 7.99. The molecule has 102 valence electrons. The zero-order valence-electron chi connectivity index (χ0n) is 10.1. The Labute approximate surface area is 99.9 Å². The Kier molecular flexibility index (Phi) is 5.69. The molecule has 0 amide bonds. The van der Waals surface area contributed by atoms with E-state index in [2.05, 4.69) is 5.43 Å². The summed E-state index contributed by atoms with van der Waals surface area (Å²) in [4.78, 5) is 0.